The Labute approximate surface area is 194 Å². The molecule has 3 heterocycles. The van der Waals surface area contributed by atoms with E-state index < -0.39 is 16.7 Å². The molecule has 0 saturated carbocycles. The number of halogens is 2. The van der Waals surface area contributed by atoms with Gasteiger partial charge in [-0.25, -0.2) is 4.98 Å². The highest BCUT2D eigenvalue weighted by molar-refractivity contribution is 7.20. The molecule has 0 atom stereocenters. The van der Waals surface area contributed by atoms with Crippen molar-refractivity contribution in [1.82, 2.24) is 14.8 Å². The van der Waals surface area contributed by atoms with E-state index in [4.69, 9.17) is 27.6 Å². The van der Waals surface area contributed by atoms with Gasteiger partial charge in [-0.05, 0) is 31.2 Å². The first-order valence-electron chi connectivity index (χ1n) is 9.34. The zero-order chi connectivity index (χ0) is 22.6. The zero-order valence-corrected chi connectivity index (χ0v) is 18.7. The molecule has 0 spiro atoms. The van der Waals surface area contributed by atoms with Crippen molar-refractivity contribution in [2.45, 2.75) is 6.92 Å². The topological polar surface area (TPSA) is 101 Å². The highest BCUT2D eigenvalue weighted by Crippen LogP contribution is 2.35. The summed E-state index contributed by atoms with van der Waals surface area (Å²) in [6.07, 6.45) is 0. The van der Waals surface area contributed by atoms with Crippen molar-refractivity contribution in [3.8, 4) is 33.5 Å². The molecule has 0 fully saturated rings. The molecular weight excluding hydrogens is 473 g/mol. The molecule has 0 bridgehead atoms. The summed E-state index contributed by atoms with van der Waals surface area (Å²) in [5.74, 6) is -0.621. The fourth-order valence-corrected chi connectivity index (χ4v) is 4.73. The minimum atomic E-state index is -0.651. The van der Waals surface area contributed by atoms with Crippen molar-refractivity contribution in [2.75, 3.05) is 0 Å². The quantitative estimate of drug-likeness (QED) is 0.357. The number of nitrogens with zero attached hydrogens (tertiary/aromatic N) is 2. The molecule has 32 heavy (non-hydrogen) atoms. The number of hydrogen-bond donors (Lipinski definition) is 2. The van der Waals surface area contributed by atoms with Crippen molar-refractivity contribution >= 4 is 44.8 Å². The highest BCUT2D eigenvalue weighted by atomic mass is 35.5. The first-order chi connectivity index (χ1) is 15.3. The van der Waals surface area contributed by atoms with Gasteiger partial charge in [-0.2, -0.15) is 4.68 Å². The lowest BCUT2D eigenvalue weighted by atomic mass is 10.1. The van der Waals surface area contributed by atoms with E-state index >= 15 is 0 Å². The Morgan fingerprint density at radius 3 is 2.59 bits per heavy atom. The van der Waals surface area contributed by atoms with Crippen molar-refractivity contribution in [1.29, 1.82) is 0 Å². The smallest absolute Gasteiger partial charge is 0.285 e. The number of thiazole rings is 1. The Bertz CT molecular complexity index is 1610. The molecule has 0 radical (unpaired) electrons. The third-order valence-corrected chi connectivity index (χ3v) is 6.41. The van der Waals surface area contributed by atoms with Crippen LogP contribution in [0.3, 0.4) is 0 Å². The number of rotatable bonds is 3. The van der Waals surface area contributed by atoms with Gasteiger partial charge in [0, 0.05) is 16.7 Å². The molecule has 160 valence electrons. The molecule has 2 aromatic carbocycles. The van der Waals surface area contributed by atoms with E-state index in [0.29, 0.717) is 32.0 Å². The number of nitrogens with one attached hydrogen (secondary N) is 1. The molecule has 0 unspecified atom stereocenters. The van der Waals surface area contributed by atoms with Crippen LogP contribution >= 0.6 is 34.5 Å². The number of aromatic amines is 1. The van der Waals surface area contributed by atoms with E-state index in [1.165, 1.54) is 16.0 Å². The summed E-state index contributed by atoms with van der Waals surface area (Å²) in [4.78, 5) is 30.2. The Kier molecular flexibility index (Phi) is 4.93. The number of aromatic nitrogens is 3. The fourth-order valence-electron chi connectivity index (χ4n) is 3.38. The molecule has 10 heteroatoms. The second kappa shape index (κ2) is 7.67. The first-order valence-corrected chi connectivity index (χ1v) is 10.9. The second-order valence-electron chi connectivity index (χ2n) is 6.99. The van der Waals surface area contributed by atoms with Crippen LogP contribution in [0.1, 0.15) is 5.76 Å². The van der Waals surface area contributed by atoms with Gasteiger partial charge in [0.2, 0.25) is 16.3 Å². The first kappa shape index (κ1) is 20.6. The summed E-state index contributed by atoms with van der Waals surface area (Å²) >= 11 is 13.5. The molecular formula is C22H13Cl2N3O4S. The standard InChI is InChI=1S/C22H13Cl2N3O4S/c1-10-9-14(28)19(29)20(31-10)16-17(11-5-7-12(23)8-6-11)26-27(21(16)30)22-25-18-13(24)3-2-4-15(18)32-22/h2-9,26,29H,1H3. The molecule has 0 amide bonds. The monoisotopic (exact) mass is 485 g/mol. The predicted octanol–water partition coefficient (Wildman–Crippen LogP) is 5.38. The van der Waals surface area contributed by atoms with Gasteiger partial charge in [0.1, 0.15) is 16.8 Å². The van der Waals surface area contributed by atoms with Gasteiger partial charge >= 0.3 is 0 Å². The predicted molar refractivity (Wildman–Crippen MR) is 125 cm³/mol. The van der Waals surface area contributed by atoms with E-state index in [1.807, 2.05) is 6.07 Å². The van der Waals surface area contributed by atoms with Gasteiger partial charge in [-0.3, -0.25) is 14.7 Å². The zero-order valence-electron chi connectivity index (χ0n) is 16.3. The van der Waals surface area contributed by atoms with Crippen LogP contribution in [0.25, 0.3) is 37.9 Å². The van der Waals surface area contributed by atoms with Gasteiger partial charge in [0.25, 0.3) is 5.56 Å². The Morgan fingerprint density at radius 2 is 1.88 bits per heavy atom. The van der Waals surface area contributed by atoms with Crippen molar-refractivity contribution in [3.05, 3.63) is 84.9 Å². The number of H-pyrrole nitrogens is 1. The molecule has 2 N–H and O–H groups in total. The summed E-state index contributed by atoms with van der Waals surface area (Å²) in [6.45, 7) is 1.56. The maximum absolute atomic E-state index is 13.5. The summed E-state index contributed by atoms with van der Waals surface area (Å²) in [6, 6.07) is 13.3. The number of hydrogen-bond acceptors (Lipinski definition) is 6. The van der Waals surface area contributed by atoms with Crippen LogP contribution in [0.2, 0.25) is 10.0 Å². The minimum absolute atomic E-state index is 0.00373. The van der Waals surface area contributed by atoms with E-state index in [2.05, 4.69) is 10.1 Å². The van der Waals surface area contributed by atoms with Crippen LogP contribution in [0.15, 0.2) is 62.5 Å². The van der Waals surface area contributed by atoms with Gasteiger partial charge in [-0.15, -0.1) is 0 Å². The van der Waals surface area contributed by atoms with Crippen LogP contribution in [-0.4, -0.2) is 19.9 Å². The Morgan fingerprint density at radius 1 is 1.12 bits per heavy atom. The minimum Gasteiger partial charge on any atom is -0.502 e. The molecule has 0 aliphatic heterocycles. The van der Waals surface area contributed by atoms with E-state index in [1.54, 1.807) is 43.3 Å². The molecule has 3 aromatic heterocycles. The average molecular weight is 486 g/mol. The van der Waals surface area contributed by atoms with E-state index in [9.17, 15) is 14.7 Å². The van der Waals surface area contributed by atoms with Crippen LogP contribution in [-0.2, 0) is 0 Å². The highest BCUT2D eigenvalue weighted by Gasteiger charge is 2.26. The van der Waals surface area contributed by atoms with Crippen molar-refractivity contribution in [3.63, 3.8) is 0 Å². The Balaban J connectivity index is 1.83. The van der Waals surface area contributed by atoms with Gasteiger partial charge < -0.3 is 9.52 Å². The number of para-hydroxylation sites is 1. The maximum Gasteiger partial charge on any atom is 0.285 e. The van der Waals surface area contributed by atoms with Crippen LogP contribution in [0.5, 0.6) is 5.75 Å². The summed E-state index contributed by atoms with van der Waals surface area (Å²) in [7, 11) is 0. The van der Waals surface area contributed by atoms with Crippen LogP contribution in [0.4, 0.5) is 0 Å². The van der Waals surface area contributed by atoms with Crippen molar-refractivity contribution < 1.29 is 9.52 Å². The lowest BCUT2D eigenvalue weighted by molar-refractivity contribution is 0.430. The molecule has 0 aliphatic rings. The normalized spacial score (nSPS) is 11.3. The lowest BCUT2D eigenvalue weighted by Gasteiger charge is -2.05. The third kappa shape index (κ3) is 3.33. The van der Waals surface area contributed by atoms with Crippen LogP contribution < -0.4 is 11.0 Å². The van der Waals surface area contributed by atoms with Gasteiger partial charge in [-0.1, -0.05) is 52.7 Å². The average Bonchev–Trinajstić information content (AvgIpc) is 3.33. The van der Waals surface area contributed by atoms with Crippen LogP contribution in [0, 0.1) is 6.92 Å². The molecule has 0 aliphatic carbocycles. The number of fused-ring (bicyclic) bond motifs is 1. The SMILES string of the molecule is Cc1cc(=O)c(O)c(-c2c(-c3ccc(Cl)cc3)[nH]n(-c3nc4c(Cl)cccc4s3)c2=O)o1. The summed E-state index contributed by atoms with van der Waals surface area (Å²) in [5.41, 5.74) is 0.300. The number of benzene rings is 2. The largest absolute Gasteiger partial charge is 0.502 e. The van der Waals surface area contributed by atoms with Gasteiger partial charge in [0.05, 0.1) is 15.4 Å². The fraction of sp³-hybridized carbons (Fsp3) is 0.0455. The molecule has 7 nitrogen and oxygen atoms in total. The third-order valence-electron chi connectivity index (χ3n) is 4.85. The Hall–Kier alpha value is -3.33. The number of aromatic hydroxyl groups is 1. The van der Waals surface area contributed by atoms with E-state index in [-0.39, 0.29) is 17.1 Å². The molecule has 5 rings (SSSR count). The number of aryl methyl sites for hydroxylation is 1. The summed E-state index contributed by atoms with van der Waals surface area (Å²) in [5, 5.41) is 14.8. The molecule has 0 saturated heterocycles. The van der Waals surface area contributed by atoms with Gasteiger partial charge in [0.15, 0.2) is 5.76 Å². The second-order valence-corrected chi connectivity index (χ2v) is 8.84. The lowest BCUT2D eigenvalue weighted by Crippen LogP contribution is -2.16. The van der Waals surface area contributed by atoms with E-state index in [0.717, 1.165) is 10.8 Å². The molecule has 5 aromatic rings. The van der Waals surface area contributed by atoms with Crippen molar-refractivity contribution in [2.24, 2.45) is 0 Å². The summed E-state index contributed by atoms with van der Waals surface area (Å²) < 4.78 is 7.66. The maximum atomic E-state index is 13.5.